The van der Waals surface area contributed by atoms with Crippen LogP contribution in [0.1, 0.15) is 19.8 Å². The minimum Gasteiger partial charge on any atom is -0.303 e. The SMILES string of the molecule is CNC(C)(C#N)CCCSc1ccccc1F. The third-order valence-corrected chi connectivity index (χ3v) is 3.85. The smallest absolute Gasteiger partial charge is 0.136 e. The van der Waals surface area contributed by atoms with Crippen LogP contribution in [0.4, 0.5) is 4.39 Å². The first-order valence-corrected chi connectivity index (χ1v) is 6.57. The summed E-state index contributed by atoms with van der Waals surface area (Å²) in [5.41, 5.74) is -0.476. The Morgan fingerprint density at radius 2 is 2.18 bits per heavy atom. The quantitative estimate of drug-likeness (QED) is 0.624. The van der Waals surface area contributed by atoms with Crippen LogP contribution in [0.2, 0.25) is 0 Å². The fraction of sp³-hybridized carbons (Fsp3) is 0.462. The number of halogens is 1. The molecule has 0 spiro atoms. The minimum absolute atomic E-state index is 0.172. The highest BCUT2D eigenvalue weighted by atomic mass is 32.2. The van der Waals surface area contributed by atoms with Crippen LogP contribution in [-0.2, 0) is 0 Å². The van der Waals surface area contributed by atoms with Crippen LogP contribution in [0, 0.1) is 17.1 Å². The van der Waals surface area contributed by atoms with Gasteiger partial charge in [-0.2, -0.15) is 5.26 Å². The first kappa shape index (κ1) is 14.0. The molecule has 2 nitrogen and oxygen atoms in total. The van der Waals surface area contributed by atoms with Crippen LogP contribution >= 0.6 is 11.8 Å². The number of thioether (sulfide) groups is 1. The predicted octanol–water partition coefficient (Wildman–Crippen LogP) is 3.20. The third kappa shape index (κ3) is 4.37. The normalized spacial score (nSPS) is 14.0. The average molecular weight is 252 g/mol. The van der Waals surface area contributed by atoms with Crippen LogP contribution in [0.3, 0.4) is 0 Å². The van der Waals surface area contributed by atoms with Gasteiger partial charge in [0.2, 0.25) is 0 Å². The maximum atomic E-state index is 13.3. The summed E-state index contributed by atoms with van der Waals surface area (Å²) in [6, 6.07) is 9.01. The lowest BCUT2D eigenvalue weighted by atomic mass is 9.99. The Morgan fingerprint density at radius 3 is 2.76 bits per heavy atom. The van der Waals surface area contributed by atoms with Gasteiger partial charge in [0.25, 0.3) is 0 Å². The Hall–Kier alpha value is -1.05. The molecule has 0 amide bonds. The van der Waals surface area contributed by atoms with Gasteiger partial charge < -0.3 is 5.32 Å². The van der Waals surface area contributed by atoms with Gasteiger partial charge >= 0.3 is 0 Å². The lowest BCUT2D eigenvalue weighted by Gasteiger charge is -2.20. The number of benzene rings is 1. The van der Waals surface area contributed by atoms with Gasteiger partial charge in [0.1, 0.15) is 11.4 Å². The van der Waals surface area contributed by atoms with Crippen LogP contribution in [-0.4, -0.2) is 18.3 Å². The van der Waals surface area contributed by atoms with Gasteiger partial charge in [0.05, 0.1) is 6.07 Å². The fourth-order valence-corrected chi connectivity index (χ4v) is 2.30. The molecule has 0 aromatic heterocycles. The zero-order valence-electron chi connectivity index (χ0n) is 10.2. The van der Waals surface area contributed by atoms with E-state index < -0.39 is 5.54 Å². The molecule has 0 saturated carbocycles. The molecule has 1 atom stereocenters. The molecule has 0 fully saturated rings. The Morgan fingerprint density at radius 1 is 1.47 bits per heavy atom. The van der Waals surface area contributed by atoms with E-state index in [1.54, 1.807) is 19.2 Å². The molecule has 0 aliphatic heterocycles. The summed E-state index contributed by atoms with van der Waals surface area (Å²) in [5, 5.41) is 12.0. The maximum absolute atomic E-state index is 13.3. The highest BCUT2D eigenvalue weighted by Crippen LogP contribution is 2.23. The highest BCUT2D eigenvalue weighted by Gasteiger charge is 2.19. The largest absolute Gasteiger partial charge is 0.303 e. The van der Waals surface area contributed by atoms with E-state index in [-0.39, 0.29) is 5.82 Å². The monoisotopic (exact) mass is 252 g/mol. The number of nitriles is 1. The van der Waals surface area contributed by atoms with Crippen molar-refractivity contribution in [2.75, 3.05) is 12.8 Å². The molecule has 0 radical (unpaired) electrons. The molecule has 0 heterocycles. The van der Waals surface area contributed by atoms with Crippen LogP contribution in [0.25, 0.3) is 0 Å². The van der Waals surface area contributed by atoms with E-state index in [1.165, 1.54) is 17.8 Å². The Bertz CT molecular complexity index is 403. The fourth-order valence-electron chi connectivity index (χ4n) is 1.41. The molecule has 1 aromatic carbocycles. The first-order chi connectivity index (χ1) is 8.11. The molecule has 4 heteroatoms. The highest BCUT2D eigenvalue weighted by molar-refractivity contribution is 7.99. The molecule has 0 aliphatic rings. The molecule has 0 saturated heterocycles. The Balaban J connectivity index is 2.35. The summed E-state index contributed by atoms with van der Waals surface area (Å²) in [6.07, 6.45) is 1.64. The van der Waals surface area contributed by atoms with Gasteiger partial charge in [-0.25, -0.2) is 4.39 Å². The molecule has 17 heavy (non-hydrogen) atoms. The second kappa shape index (κ2) is 6.63. The second-order valence-electron chi connectivity index (χ2n) is 4.08. The summed E-state index contributed by atoms with van der Waals surface area (Å²) in [4.78, 5) is 0.676. The number of hydrogen-bond donors (Lipinski definition) is 1. The molecule has 1 N–H and O–H groups in total. The van der Waals surface area contributed by atoms with E-state index in [1.807, 2.05) is 13.0 Å². The molecule has 0 bridgehead atoms. The van der Waals surface area contributed by atoms with Crippen molar-refractivity contribution in [1.82, 2.24) is 5.32 Å². The van der Waals surface area contributed by atoms with Gasteiger partial charge in [-0.15, -0.1) is 11.8 Å². The van der Waals surface area contributed by atoms with Gasteiger partial charge in [-0.05, 0) is 44.7 Å². The lowest BCUT2D eigenvalue weighted by Crippen LogP contribution is -2.37. The van der Waals surface area contributed by atoms with E-state index in [9.17, 15) is 4.39 Å². The summed E-state index contributed by atoms with van der Waals surface area (Å²) in [5.74, 6) is 0.647. The van der Waals surface area contributed by atoms with E-state index in [4.69, 9.17) is 5.26 Å². The number of nitrogens with zero attached hydrogens (tertiary/aromatic N) is 1. The van der Waals surface area contributed by atoms with Crippen molar-refractivity contribution in [3.8, 4) is 6.07 Å². The first-order valence-electron chi connectivity index (χ1n) is 5.59. The molecule has 92 valence electrons. The van der Waals surface area contributed by atoms with Crippen molar-refractivity contribution in [3.63, 3.8) is 0 Å². The number of rotatable bonds is 6. The number of hydrogen-bond acceptors (Lipinski definition) is 3. The van der Waals surface area contributed by atoms with Gasteiger partial charge in [-0.1, -0.05) is 12.1 Å². The predicted molar refractivity (Wildman–Crippen MR) is 69.4 cm³/mol. The zero-order valence-corrected chi connectivity index (χ0v) is 11.0. The Labute approximate surface area is 106 Å². The Kier molecular flexibility index (Phi) is 5.46. The lowest BCUT2D eigenvalue weighted by molar-refractivity contribution is 0.451. The van der Waals surface area contributed by atoms with E-state index in [0.717, 1.165) is 18.6 Å². The standard InChI is InChI=1S/C13H17FN2S/c1-13(10-15,16-2)8-5-9-17-12-7-4-3-6-11(12)14/h3-4,6-7,16H,5,8-9H2,1-2H3. The summed E-state index contributed by atoms with van der Waals surface area (Å²) in [7, 11) is 1.78. The summed E-state index contributed by atoms with van der Waals surface area (Å²) >= 11 is 1.50. The van der Waals surface area contributed by atoms with Crippen molar-refractivity contribution < 1.29 is 4.39 Å². The van der Waals surface area contributed by atoms with Crippen molar-refractivity contribution in [1.29, 1.82) is 5.26 Å². The van der Waals surface area contributed by atoms with Crippen molar-refractivity contribution in [2.24, 2.45) is 0 Å². The molecule has 1 unspecified atom stereocenters. The number of nitrogens with one attached hydrogen (secondary N) is 1. The summed E-state index contributed by atoms with van der Waals surface area (Å²) < 4.78 is 13.3. The van der Waals surface area contributed by atoms with Crippen molar-refractivity contribution in [3.05, 3.63) is 30.1 Å². The second-order valence-corrected chi connectivity index (χ2v) is 5.21. The minimum atomic E-state index is -0.476. The molecule has 0 aliphatic carbocycles. The molecular weight excluding hydrogens is 235 g/mol. The molecule has 1 aromatic rings. The van der Waals surface area contributed by atoms with E-state index in [2.05, 4.69) is 11.4 Å². The zero-order chi connectivity index (χ0) is 12.7. The van der Waals surface area contributed by atoms with Gasteiger partial charge in [-0.3, -0.25) is 0 Å². The van der Waals surface area contributed by atoms with E-state index in [0.29, 0.717) is 4.90 Å². The van der Waals surface area contributed by atoms with Crippen LogP contribution in [0.5, 0.6) is 0 Å². The third-order valence-electron chi connectivity index (χ3n) is 2.71. The summed E-state index contributed by atoms with van der Waals surface area (Å²) in [6.45, 7) is 1.88. The molecule has 1 rings (SSSR count). The van der Waals surface area contributed by atoms with Gasteiger partial charge in [0.15, 0.2) is 0 Å². The maximum Gasteiger partial charge on any atom is 0.136 e. The molecular formula is C13H17FN2S. The van der Waals surface area contributed by atoms with Crippen LogP contribution < -0.4 is 5.32 Å². The van der Waals surface area contributed by atoms with Gasteiger partial charge in [0, 0.05) is 4.90 Å². The van der Waals surface area contributed by atoms with Crippen molar-refractivity contribution in [2.45, 2.75) is 30.2 Å². The topological polar surface area (TPSA) is 35.8 Å². The van der Waals surface area contributed by atoms with Crippen molar-refractivity contribution >= 4 is 11.8 Å². The average Bonchev–Trinajstić information content (AvgIpc) is 2.36. The van der Waals surface area contributed by atoms with E-state index >= 15 is 0 Å². The van der Waals surface area contributed by atoms with Crippen LogP contribution in [0.15, 0.2) is 29.2 Å².